The van der Waals surface area contributed by atoms with Crippen molar-refractivity contribution in [2.45, 2.75) is 32.3 Å². The lowest BCUT2D eigenvalue weighted by Crippen LogP contribution is -2.43. The second-order valence-electron chi connectivity index (χ2n) is 4.14. The Morgan fingerprint density at radius 2 is 1.82 bits per heavy atom. The van der Waals surface area contributed by atoms with E-state index < -0.39 is 11.6 Å². The lowest BCUT2D eigenvalue weighted by molar-refractivity contribution is -0.171. The summed E-state index contributed by atoms with van der Waals surface area (Å²) in [5, 5.41) is 10.7. The summed E-state index contributed by atoms with van der Waals surface area (Å²) in [7, 11) is 1.30. The van der Waals surface area contributed by atoms with Crippen LogP contribution in [0.15, 0.2) is 30.3 Å². The van der Waals surface area contributed by atoms with Crippen LogP contribution >= 0.6 is 0 Å². The zero-order valence-corrected chi connectivity index (χ0v) is 10.6. The Hall–Kier alpha value is -1.35. The van der Waals surface area contributed by atoms with E-state index in [9.17, 15) is 9.90 Å². The van der Waals surface area contributed by atoms with Crippen LogP contribution in [0.5, 0.6) is 0 Å². The molecule has 0 aliphatic rings. The van der Waals surface area contributed by atoms with E-state index in [-0.39, 0.29) is 5.92 Å². The minimum atomic E-state index is -1.54. The van der Waals surface area contributed by atoms with Crippen molar-refractivity contribution in [3.63, 3.8) is 0 Å². The largest absolute Gasteiger partial charge is 0.467 e. The van der Waals surface area contributed by atoms with Crippen LogP contribution in [-0.4, -0.2) is 18.2 Å². The molecule has 1 N–H and O–H groups in total. The predicted octanol–water partition coefficient (Wildman–Crippen LogP) is 2.48. The summed E-state index contributed by atoms with van der Waals surface area (Å²) in [5.74, 6) is -0.727. The second-order valence-corrected chi connectivity index (χ2v) is 4.14. The van der Waals surface area contributed by atoms with Gasteiger partial charge in [0.25, 0.3) is 0 Å². The van der Waals surface area contributed by atoms with Crippen LogP contribution in [0.25, 0.3) is 0 Å². The van der Waals surface area contributed by atoms with E-state index in [0.29, 0.717) is 5.56 Å². The summed E-state index contributed by atoms with van der Waals surface area (Å²) in [6, 6.07) is 9.00. The Labute approximate surface area is 102 Å². The van der Waals surface area contributed by atoms with Crippen LogP contribution in [0.3, 0.4) is 0 Å². The molecule has 0 saturated carbocycles. The highest BCUT2D eigenvalue weighted by Crippen LogP contribution is 2.35. The molecule has 3 heteroatoms. The SMILES string of the molecule is CCC(CC)[C@](O)(C(=O)OC)c1ccccc1. The third-order valence-electron chi connectivity index (χ3n) is 3.29. The van der Waals surface area contributed by atoms with Gasteiger partial charge in [0.1, 0.15) is 0 Å². The first kappa shape index (κ1) is 13.7. The third-order valence-corrected chi connectivity index (χ3v) is 3.29. The Morgan fingerprint density at radius 3 is 2.24 bits per heavy atom. The molecule has 0 heterocycles. The van der Waals surface area contributed by atoms with Gasteiger partial charge in [-0.05, 0) is 18.4 Å². The molecule has 94 valence electrons. The van der Waals surface area contributed by atoms with Crippen LogP contribution in [0, 0.1) is 5.92 Å². The molecule has 1 rings (SSSR count). The first-order chi connectivity index (χ1) is 8.11. The molecule has 0 unspecified atom stereocenters. The summed E-state index contributed by atoms with van der Waals surface area (Å²) in [4.78, 5) is 11.9. The van der Waals surface area contributed by atoms with Gasteiger partial charge in [-0.2, -0.15) is 0 Å². The second kappa shape index (κ2) is 5.82. The van der Waals surface area contributed by atoms with Gasteiger partial charge < -0.3 is 9.84 Å². The number of hydrogen-bond acceptors (Lipinski definition) is 3. The predicted molar refractivity (Wildman–Crippen MR) is 66.4 cm³/mol. The zero-order chi connectivity index (χ0) is 12.9. The number of esters is 1. The maximum absolute atomic E-state index is 11.9. The fourth-order valence-corrected chi connectivity index (χ4v) is 2.25. The molecule has 17 heavy (non-hydrogen) atoms. The topological polar surface area (TPSA) is 46.5 Å². The van der Waals surface area contributed by atoms with Gasteiger partial charge in [0.05, 0.1) is 7.11 Å². The van der Waals surface area contributed by atoms with Gasteiger partial charge >= 0.3 is 5.97 Å². The van der Waals surface area contributed by atoms with E-state index in [1.165, 1.54) is 7.11 Å². The van der Waals surface area contributed by atoms with Crippen molar-refractivity contribution in [1.82, 2.24) is 0 Å². The lowest BCUT2D eigenvalue weighted by Gasteiger charge is -2.33. The summed E-state index contributed by atoms with van der Waals surface area (Å²) in [6.07, 6.45) is 1.44. The van der Waals surface area contributed by atoms with E-state index in [0.717, 1.165) is 12.8 Å². The minimum Gasteiger partial charge on any atom is -0.467 e. The summed E-state index contributed by atoms with van der Waals surface area (Å²) in [6.45, 7) is 3.93. The number of benzene rings is 1. The number of carbonyl (C=O) groups excluding carboxylic acids is 1. The molecule has 0 saturated heterocycles. The molecule has 3 nitrogen and oxygen atoms in total. The zero-order valence-electron chi connectivity index (χ0n) is 10.6. The molecule has 0 bridgehead atoms. The van der Waals surface area contributed by atoms with Gasteiger partial charge in [0, 0.05) is 5.92 Å². The smallest absolute Gasteiger partial charge is 0.342 e. The highest BCUT2D eigenvalue weighted by atomic mass is 16.5. The summed E-state index contributed by atoms with van der Waals surface area (Å²) in [5.41, 5.74) is -0.944. The van der Waals surface area contributed by atoms with Gasteiger partial charge in [-0.15, -0.1) is 0 Å². The first-order valence-electron chi connectivity index (χ1n) is 5.97. The first-order valence-corrected chi connectivity index (χ1v) is 5.97. The number of methoxy groups -OCH3 is 1. The Morgan fingerprint density at radius 1 is 1.29 bits per heavy atom. The van der Waals surface area contributed by atoms with E-state index in [1.54, 1.807) is 12.1 Å². The van der Waals surface area contributed by atoms with Crippen LogP contribution in [-0.2, 0) is 15.1 Å². The molecular formula is C14H20O3. The Bertz CT molecular complexity index is 357. The van der Waals surface area contributed by atoms with Crippen molar-refractivity contribution in [2.75, 3.05) is 7.11 Å². The van der Waals surface area contributed by atoms with Crippen LogP contribution < -0.4 is 0 Å². The van der Waals surface area contributed by atoms with Crippen molar-refractivity contribution < 1.29 is 14.6 Å². The molecule has 0 aliphatic heterocycles. The molecule has 0 aliphatic carbocycles. The molecule has 1 atom stereocenters. The van der Waals surface area contributed by atoms with Crippen molar-refractivity contribution in [3.8, 4) is 0 Å². The normalized spacial score (nSPS) is 14.4. The lowest BCUT2D eigenvalue weighted by atomic mass is 9.78. The van der Waals surface area contributed by atoms with Gasteiger partial charge in [-0.1, -0.05) is 44.2 Å². The van der Waals surface area contributed by atoms with Crippen LogP contribution in [0.4, 0.5) is 0 Å². The van der Waals surface area contributed by atoms with Crippen molar-refractivity contribution in [3.05, 3.63) is 35.9 Å². The van der Waals surface area contributed by atoms with Gasteiger partial charge in [0.2, 0.25) is 0 Å². The van der Waals surface area contributed by atoms with Crippen molar-refractivity contribution in [1.29, 1.82) is 0 Å². The van der Waals surface area contributed by atoms with Crippen LogP contribution in [0.1, 0.15) is 32.3 Å². The average molecular weight is 236 g/mol. The van der Waals surface area contributed by atoms with Gasteiger partial charge in [0.15, 0.2) is 5.60 Å². The van der Waals surface area contributed by atoms with Crippen LogP contribution in [0.2, 0.25) is 0 Å². The van der Waals surface area contributed by atoms with E-state index in [1.807, 2.05) is 32.0 Å². The quantitative estimate of drug-likeness (QED) is 0.799. The summed E-state index contributed by atoms with van der Waals surface area (Å²) < 4.78 is 4.77. The number of aliphatic hydroxyl groups is 1. The van der Waals surface area contributed by atoms with E-state index >= 15 is 0 Å². The Balaban J connectivity index is 3.24. The molecule has 0 amide bonds. The fourth-order valence-electron chi connectivity index (χ4n) is 2.25. The molecule has 0 fully saturated rings. The fraction of sp³-hybridized carbons (Fsp3) is 0.500. The van der Waals surface area contributed by atoms with Crippen molar-refractivity contribution >= 4 is 5.97 Å². The molecule has 1 aromatic rings. The van der Waals surface area contributed by atoms with Gasteiger partial charge in [-0.3, -0.25) is 0 Å². The maximum Gasteiger partial charge on any atom is 0.342 e. The van der Waals surface area contributed by atoms with Crippen molar-refractivity contribution in [2.24, 2.45) is 5.92 Å². The average Bonchev–Trinajstić information content (AvgIpc) is 2.39. The maximum atomic E-state index is 11.9. The summed E-state index contributed by atoms with van der Waals surface area (Å²) >= 11 is 0. The monoisotopic (exact) mass is 236 g/mol. The third kappa shape index (κ3) is 2.50. The molecule has 0 radical (unpaired) electrons. The standard InChI is InChI=1S/C14H20O3/c1-4-11(5-2)14(16,13(15)17-3)12-9-7-6-8-10-12/h6-11,16H,4-5H2,1-3H3/t14-/m1/s1. The molecule has 1 aromatic carbocycles. The number of hydrogen-bond donors (Lipinski definition) is 1. The highest BCUT2D eigenvalue weighted by Gasteiger charge is 2.44. The van der Waals surface area contributed by atoms with Gasteiger partial charge in [-0.25, -0.2) is 4.79 Å². The molecular weight excluding hydrogens is 216 g/mol. The number of carbonyl (C=O) groups is 1. The van der Waals surface area contributed by atoms with E-state index in [4.69, 9.17) is 4.74 Å². The minimum absolute atomic E-state index is 0.141. The molecule has 0 spiro atoms. The highest BCUT2D eigenvalue weighted by molar-refractivity contribution is 5.81. The molecule has 0 aromatic heterocycles. The Kier molecular flexibility index (Phi) is 4.70. The number of ether oxygens (including phenoxy) is 1. The van der Waals surface area contributed by atoms with E-state index in [2.05, 4.69) is 0 Å². The number of rotatable bonds is 5.